The van der Waals surface area contributed by atoms with Gasteiger partial charge in [-0.3, -0.25) is 0 Å². The Balaban J connectivity index is 0.878. The lowest BCUT2D eigenvalue weighted by molar-refractivity contribution is 1.06. The lowest BCUT2D eigenvalue weighted by Gasteiger charge is -2.44. The van der Waals surface area contributed by atoms with Crippen molar-refractivity contribution in [3.8, 4) is 62.1 Å². The molecule has 15 rings (SSSR count). The number of nitrogens with zero attached hydrogens (tertiary/aromatic N) is 6. The van der Waals surface area contributed by atoms with Gasteiger partial charge in [0.1, 0.15) is 0 Å². The zero-order valence-electron chi connectivity index (χ0n) is 41.2. The van der Waals surface area contributed by atoms with Crippen LogP contribution in [0.3, 0.4) is 0 Å². The second kappa shape index (κ2) is 17.8. The quantitative estimate of drug-likeness (QED) is 0.142. The minimum Gasteiger partial charge on any atom is -0.311 e. The highest BCUT2D eigenvalue weighted by atomic mass is 15.2. The highest BCUT2D eigenvalue weighted by molar-refractivity contribution is 7.00. The van der Waals surface area contributed by atoms with E-state index in [1.807, 2.05) is 36.4 Å². The summed E-state index contributed by atoms with van der Waals surface area (Å²) >= 11 is 0. The van der Waals surface area contributed by atoms with Crippen LogP contribution in [0.5, 0.6) is 0 Å². The molecule has 0 amide bonds. The molecule has 7 heteroatoms. The predicted octanol–water partition coefficient (Wildman–Crippen LogP) is 15.4. The third kappa shape index (κ3) is 7.01. The van der Waals surface area contributed by atoms with E-state index in [2.05, 4.69) is 251 Å². The van der Waals surface area contributed by atoms with Gasteiger partial charge in [0.05, 0.1) is 16.7 Å². The summed E-state index contributed by atoms with van der Waals surface area (Å²) in [5.74, 6) is 1.83. The lowest BCUT2D eigenvalue weighted by Crippen LogP contribution is -2.61. The lowest BCUT2D eigenvalue weighted by atomic mass is 9.33. The molecule has 4 heterocycles. The summed E-state index contributed by atoms with van der Waals surface area (Å²) in [5, 5.41) is 2.36. The summed E-state index contributed by atoms with van der Waals surface area (Å²) in [4.78, 5) is 20.6. The van der Waals surface area contributed by atoms with Crippen LogP contribution >= 0.6 is 0 Å². The first-order valence-corrected chi connectivity index (χ1v) is 25.9. The highest BCUT2D eigenvalue weighted by Gasteiger charge is 2.42. The van der Waals surface area contributed by atoms with E-state index >= 15 is 0 Å². The second-order valence-electron chi connectivity index (χ2n) is 19.5. The summed E-state index contributed by atoms with van der Waals surface area (Å²) in [7, 11) is 0. The minimum absolute atomic E-state index is 0.0877. The molecule has 0 radical (unpaired) electrons. The van der Waals surface area contributed by atoms with E-state index in [1.165, 1.54) is 49.9 Å². The van der Waals surface area contributed by atoms with Gasteiger partial charge >= 0.3 is 0 Å². The summed E-state index contributed by atoms with van der Waals surface area (Å²) < 4.78 is 2.41. The average Bonchev–Trinajstić information content (AvgIpc) is 3.97. The monoisotopic (exact) mass is 968 g/mol. The minimum atomic E-state index is 0.0877. The van der Waals surface area contributed by atoms with E-state index in [9.17, 15) is 0 Å². The molecular formula is C69H45BN6. The summed E-state index contributed by atoms with van der Waals surface area (Å²) in [6.45, 7) is 0.0877. The van der Waals surface area contributed by atoms with Crippen molar-refractivity contribution in [1.82, 2.24) is 19.5 Å². The number of fused-ring (bicyclic) bond motifs is 7. The Hall–Kier alpha value is -10.1. The first-order chi connectivity index (χ1) is 37.7. The molecule has 0 aliphatic carbocycles. The van der Waals surface area contributed by atoms with E-state index in [-0.39, 0.29) is 6.71 Å². The van der Waals surface area contributed by atoms with Crippen molar-refractivity contribution in [2.75, 3.05) is 9.80 Å². The maximum absolute atomic E-state index is 5.31. The standard InChI is InChI=1S/C69H45BN6/c1-4-21-47(22-5-1)67-71-68(48-23-6-2-7-24-48)73-69(72-67)56-32-19-31-53(66(56)76-59-35-14-10-29-54(59)55-30-11-15-36-60(55)76)50-26-18-25-49(45-50)46-41-43-52(44-42-46)75-62-38-17-13-34-58(62)70-57-33-12-16-37-61(57)74(51-27-8-3-9-28-51)63-39-20-40-64(75)65(63)70/h1-45H. The number of anilines is 6. The van der Waals surface area contributed by atoms with Crippen LogP contribution in [-0.2, 0) is 0 Å². The average molecular weight is 969 g/mol. The van der Waals surface area contributed by atoms with Crippen LogP contribution < -0.4 is 26.2 Å². The van der Waals surface area contributed by atoms with Gasteiger partial charge in [-0.1, -0.05) is 200 Å². The molecule has 2 aromatic heterocycles. The van der Waals surface area contributed by atoms with Crippen molar-refractivity contribution in [3.05, 3.63) is 273 Å². The molecule has 0 unspecified atom stereocenters. The molecule has 2 aliphatic rings. The first kappa shape index (κ1) is 43.5. The van der Waals surface area contributed by atoms with Gasteiger partial charge in [0.2, 0.25) is 0 Å². The van der Waals surface area contributed by atoms with Crippen LogP contribution in [0, 0.1) is 0 Å². The number of rotatable bonds is 8. The van der Waals surface area contributed by atoms with Gasteiger partial charge < -0.3 is 14.4 Å². The van der Waals surface area contributed by atoms with E-state index in [1.54, 1.807) is 0 Å². The van der Waals surface area contributed by atoms with E-state index in [0.717, 1.165) is 67.0 Å². The molecule has 11 aromatic carbocycles. The Morgan fingerprint density at radius 1 is 0.289 bits per heavy atom. The molecule has 0 N–H and O–H groups in total. The molecule has 0 saturated carbocycles. The zero-order chi connectivity index (χ0) is 50.1. The number of benzene rings is 11. The Kier molecular flexibility index (Phi) is 10.2. The van der Waals surface area contributed by atoms with Crippen molar-refractivity contribution in [3.63, 3.8) is 0 Å². The third-order valence-electron chi connectivity index (χ3n) is 15.2. The molecule has 354 valence electrons. The topological polar surface area (TPSA) is 50.1 Å². The molecule has 0 atom stereocenters. The SMILES string of the molecule is c1ccc(-c2nc(-c3ccccc3)nc(-c3cccc(-c4cccc(-c5ccc(N6c7ccccc7B7c8ccccc8N(c8ccccc8)c8cccc6c87)cc5)c4)c3-n3c4ccccc4c4ccccc43)n2)cc1. The number of hydrogen-bond donors (Lipinski definition) is 0. The molecule has 0 spiro atoms. The van der Waals surface area contributed by atoms with Gasteiger partial charge in [-0.2, -0.15) is 0 Å². The Morgan fingerprint density at radius 3 is 1.33 bits per heavy atom. The fourth-order valence-electron chi connectivity index (χ4n) is 11.9. The van der Waals surface area contributed by atoms with Crippen LogP contribution in [0.2, 0.25) is 0 Å². The summed E-state index contributed by atoms with van der Waals surface area (Å²) in [6, 6.07) is 97.8. The van der Waals surface area contributed by atoms with Crippen molar-refractivity contribution >= 4 is 79.0 Å². The molecule has 0 saturated heterocycles. The fourth-order valence-corrected chi connectivity index (χ4v) is 11.9. The normalized spacial score (nSPS) is 12.4. The molecule has 76 heavy (non-hydrogen) atoms. The van der Waals surface area contributed by atoms with E-state index in [0.29, 0.717) is 17.5 Å². The van der Waals surface area contributed by atoms with Crippen LogP contribution in [0.25, 0.3) is 83.9 Å². The predicted molar refractivity (Wildman–Crippen MR) is 315 cm³/mol. The van der Waals surface area contributed by atoms with Gasteiger partial charge in [-0.25, -0.2) is 15.0 Å². The fraction of sp³-hybridized carbons (Fsp3) is 0. The van der Waals surface area contributed by atoms with Crippen LogP contribution in [0.1, 0.15) is 0 Å². The van der Waals surface area contributed by atoms with Crippen LogP contribution in [-0.4, -0.2) is 26.2 Å². The molecule has 6 nitrogen and oxygen atoms in total. The van der Waals surface area contributed by atoms with Gasteiger partial charge in [0.25, 0.3) is 6.71 Å². The maximum atomic E-state index is 5.31. The van der Waals surface area contributed by atoms with Crippen molar-refractivity contribution in [2.24, 2.45) is 0 Å². The highest BCUT2D eigenvalue weighted by Crippen LogP contribution is 2.45. The second-order valence-corrected chi connectivity index (χ2v) is 19.5. The largest absolute Gasteiger partial charge is 0.311 e. The third-order valence-corrected chi connectivity index (χ3v) is 15.2. The molecule has 0 fully saturated rings. The van der Waals surface area contributed by atoms with Gasteiger partial charge in [0.15, 0.2) is 17.5 Å². The molecule has 0 bridgehead atoms. The van der Waals surface area contributed by atoms with E-state index in [4.69, 9.17) is 15.0 Å². The Labute approximate surface area is 441 Å². The maximum Gasteiger partial charge on any atom is 0.252 e. The van der Waals surface area contributed by atoms with Crippen LogP contribution in [0.4, 0.5) is 34.1 Å². The Morgan fingerprint density at radius 2 is 0.724 bits per heavy atom. The van der Waals surface area contributed by atoms with Crippen molar-refractivity contribution < 1.29 is 0 Å². The number of hydrogen-bond acceptors (Lipinski definition) is 5. The Bertz CT molecular complexity index is 4250. The van der Waals surface area contributed by atoms with E-state index < -0.39 is 0 Å². The molecule has 13 aromatic rings. The zero-order valence-corrected chi connectivity index (χ0v) is 41.2. The molecule has 2 aliphatic heterocycles. The smallest absolute Gasteiger partial charge is 0.252 e. The van der Waals surface area contributed by atoms with Crippen molar-refractivity contribution in [2.45, 2.75) is 0 Å². The van der Waals surface area contributed by atoms with Gasteiger partial charge in [-0.05, 0) is 106 Å². The summed E-state index contributed by atoms with van der Waals surface area (Å²) in [5.41, 5.74) is 21.3. The number of aromatic nitrogens is 4. The first-order valence-electron chi connectivity index (χ1n) is 25.9. The van der Waals surface area contributed by atoms with Gasteiger partial charge in [-0.15, -0.1) is 0 Å². The molecular weight excluding hydrogens is 924 g/mol. The van der Waals surface area contributed by atoms with Crippen LogP contribution in [0.15, 0.2) is 273 Å². The van der Waals surface area contributed by atoms with Crippen molar-refractivity contribution in [1.29, 1.82) is 0 Å². The van der Waals surface area contributed by atoms with Gasteiger partial charge in [0, 0.05) is 67.2 Å². The summed E-state index contributed by atoms with van der Waals surface area (Å²) in [6.07, 6.45) is 0. The number of para-hydroxylation sites is 6.